The summed E-state index contributed by atoms with van der Waals surface area (Å²) in [6, 6.07) is 11.3. The highest BCUT2D eigenvalue weighted by atomic mass is 79.9. The first-order valence-corrected chi connectivity index (χ1v) is 6.67. The highest BCUT2D eigenvalue weighted by Gasteiger charge is 2.09. The van der Waals surface area contributed by atoms with Crippen molar-refractivity contribution in [2.24, 2.45) is 0 Å². The molecule has 2 nitrogen and oxygen atoms in total. The van der Waals surface area contributed by atoms with Crippen LogP contribution in [0.1, 0.15) is 10.4 Å². The fourth-order valence-corrected chi connectivity index (χ4v) is 1.98. The van der Waals surface area contributed by atoms with Gasteiger partial charge in [-0.05, 0) is 42.5 Å². The molecular formula is C13H8Br2FNO. The third-order valence-electron chi connectivity index (χ3n) is 2.29. The summed E-state index contributed by atoms with van der Waals surface area (Å²) in [7, 11) is 0. The Hall–Kier alpha value is -1.20. The lowest BCUT2D eigenvalue weighted by Crippen LogP contribution is -2.12. The largest absolute Gasteiger partial charge is 0.319 e. The van der Waals surface area contributed by atoms with Crippen LogP contribution in [0.5, 0.6) is 0 Å². The Labute approximate surface area is 120 Å². The number of benzene rings is 2. The Kier molecular flexibility index (Phi) is 4.14. The van der Waals surface area contributed by atoms with Gasteiger partial charge in [-0.1, -0.05) is 31.9 Å². The van der Waals surface area contributed by atoms with Crippen LogP contribution in [0.15, 0.2) is 51.4 Å². The lowest BCUT2D eigenvalue weighted by atomic mass is 10.2. The van der Waals surface area contributed by atoms with E-state index in [1.54, 1.807) is 30.3 Å². The minimum atomic E-state index is -0.477. The maximum Gasteiger partial charge on any atom is 0.255 e. The molecule has 2 aromatic carbocycles. The van der Waals surface area contributed by atoms with E-state index in [0.29, 0.717) is 10.0 Å². The van der Waals surface area contributed by atoms with Gasteiger partial charge in [0.05, 0.1) is 5.69 Å². The number of carbonyl (C=O) groups is 1. The van der Waals surface area contributed by atoms with Crippen molar-refractivity contribution < 1.29 is 9.18 Å². The topological polar surface area (TPSA) is 29.1 Å². The van der Waals surface area contributed by atoms with Crippen LogP contribution in [0.4, 0.5) is 10.1 Å². The molecule has 0 spiro atoms. The molecule has 0 saturated heterocycles. The van der Waals surface area contributed by atoms with Gasteiger partial charge >= 0.3 is 0 Å². The molecule has 0 fully saturated rings. The van der Waals surface area contributed by atoms with Crippen LogP contribution in [0.3, 0.4) is 0 Å². The standard InChI is InChI=1S/C13H8Br2FNO/c14-9-3-1-8(2-4-9)13(18)17-12-6-5-10(15)7-11(12)16/h1-7H,(H,17,18). The molecule has 92 valence electrons. The van der Waals surface area contributed by atoms with E-state index in [1.807, 2.05) is 0 Å². The third kappa shape index (κ3) is 3.17. The molecule has 0 atom stereocenters. The van der Waals surface area contributed by atoms with Crippen LogP contribution in [0, 0.1) is 5.82 Å². The first-order chi connectivity index (χ1) is 8.56. The van der Waals surface area contributed by atoms with E-state index in [9.17, 15) is 9.18 Å². The number of hydrogen-bond donors (Lipinski definition) is 1. The van der Waals surface area contributed by atoms with E-state index < -0.39 is 5.82 Å². The van der Waals surface area contributed by atoms with Gasteiger partial charge in [0, 0.05) is 14.5 Å². The minimum absolute atomic E-state index is 0.158. The van der Waals surface area contributed by atoms with Crippen LogP contribution in [0.2, 0.25) is 0 Å². The molecule has 1 N–H and O–H groups in total. The van der Waals surface area contributed by atoms with E-state index in [-0.39, 0.29) is 11.6 Å². The fraction of sp³-hybridized carbons (Fsp3) is 0. The van der Waals surface area contributed by atoms with Crippen LogP contribution >= 0.6 is 31.9 Å². The molecule has 1 amide bonds. The Morgan fingerprint density at radius 2 is 1.61 bits per heavy atom. The monoisotopic (exact) mass is 371 g/mol. The molecule has 0 radical (unpaired) electrons. The molecule has 0 aromatic heterocycles. The van der Waals surface area contributed by atoms with Gasteiger partial charge in [0.15, 0.2) is 0 Å². The maximum atomic E-state index is 13.5. The molecule has 18 heavy (non-hydrogen) atoms. The number of amides is 1. The molecule has 5 heteroatoms. The first kappa shape index (κ1) is 13.2. The normalized spacial score (nSPS) is 10.2. The highest BCUT2D eigenvalue weighted by Crippen LogP contribution is 2.20. The predicted octanol–water partition coefficient (Wildman–Crippen LogP) is 4.60. The number of carbonyl (C=O) groups excluding carboxylic acids is 1. The summed E-state index contributed by atoms with van der Waals surface area (Å²) in [4.78, 5) is 11.9. The number of nitrogens with one attached hydrogen (secondary N) is 1. The van der Waals surface area contributed by atoms with Gasteiger partial charge in [0.25, 0.3) is 5.91 Å². The molecule has 2 rings (SSSR count). The van der Waals surface area contributed by atoms with Crippen molar-refractivity contribution in [3.8, 4) is 0 Å². The van der Waals surface area contributed by atoms with Crippen LogP contribution in [0.25, 0.3) is 0 Å². The summed E-state index contributed by atoms with van der Waals surface area (Å²) in [6.45, 7) is 0. The van der Waals surface area contributed by atoms with E-state index in [2.05, 4.69) is 37.2 Å². The van der Waals surface area contributed by atoms with E-state index in [4.69, 9.17) is 0 Å². The van der Waals surface area contributed by atoms with Crippen molar-refractivity contribution in [2.45, 2.75) is 0 Å². The van der Waals surface area contributed by atoms with E-state index in [1.165, 1.54) is 12.1 Å². The fourth-order valence-electron chi connectivity index (χ4n) is 1.39. The van der Waals surface area contributed by atoms with Gasteiger partial charge < -0.3 is 5.32 Å². The van der Waals surface area contributed by atoms with Gasteiger partial charge in [-0.2, -0.15) is 0 Å². The van der Waals surface area contributed by atoms with Gasteiger partial charge in [0.1, 0.15) is 5.82 Å². The minimum Gasteiger partial charge on any atom is -0.319 e. The summed E-state index contributed by atoms with van der Waals surface area (Å²) in [6.07, 6.45) is 0. The second kappa shape index (κ2) is 5.63. The second-order valence-corrected chi connectivity index (χ2v) is 5.42. The number of halogens is 3. The number of rotatable bonds is 2. The summed E-state index contributed by atoms with van der Waals surface area (Å²) in [5.41, 5.74) is 0.631. The predicted molar refractivity (Wildman–Crippen MR) is 76.2 cm³/mol. The summed E-state index contributed by atoms with van der Waals surface area (Å²) in [5.74, 6) is -0.821. The second-order valence-electron chi connectivity index (χ2n) is 3.59. The Balaban J connectivity index is 2.18. The SMILES string of the molecule is O=C(Nc1ccc(Br)cc1F)c1ccc(Br)cc1. The third-order valence-corrected chi connectivity index (χ3v) is 3.31. The lowest BCUT2D eigenvalue weighted by molar-refractivity contribution is 0.102. The van der Waals surface area contributed by atoms with Crippen molar-refractivity contribution in [3.63, 3.8) is 0 Å². The molecule has 0 bridgehead atoms. The quantitative estimate of drug-likeness (QED) is 0.819. The molecule has 0 heterocycles. The van der Waals surface area contributed by atoms with Crippen LogP contribution in [-0.2, 0) is 0 Å². The maximum absolute atomic E-state index is 13.5. The average molecular weight is 373 g/mol. The molecule has 2 aromatic rings. The highest BCUT2D eigenvalue weighted by molar-refractivity contribution is 9.10. The van der Waals surface area contributed by atoms with Gasteiger partial charge in [-0.15, -0.1) is 0 Å². The Bertz CT molecular complexity index is 584. The lowest BCUT2D eigenvalue weighted by Gasteiger charge is -2.06. The Morgan fingerprint density at radius 3 is 2.22 bits per heavy atom. The first-order valence-electron chi connectivity index (χ1n) is 5.08. The zero-order valence-electron chi connectivity index (χ0n) is 9.08. The number of anilines is 1. The van der Waals surface area contributed by atoms with Crippen molar-refractivity contribution in [3.05, 3.63) is 62.8 Å². The van der Waals surface area contributed by atoms with Gasteiger partial charge in [0.2, 0.25) is 0 Å². The molecule has 0 unspecified atom stereocenters. The molecule has 0 saturated carbocycles. The zero-order valence-corrected chi connectivity index (χ0v) is 12.3. The average Bonchev–Trinajstić information content (AvgIpc) is 2.33. The van der Waals surface area contributed by atoms with Crippen molar-refractivity contribution in [1.82, 2.24) is 0 Å². The number of hydrogen-bond acceptors (Lipinski definition) is 1. The molecule has 0 aliphatic rings. The van der Waals surface area contributed by atoms with Crippen molar-refractivity contribution in [2.75, 3.05) is 5.32 Å². The van der Waals surface area contributed by atoms with Crippen molar-refractivity contribution >= 4 is 43.5 Å². The van der Waals surface area contributed by atoms with Crippen LogP contribution < -0.4 is 5.32 Å². The summed E-state index contributed by atoms with van der Waals surface area (Å²) in [5, 5.41) is 2.52. The van der Waals surface area contributed by atoms with Crippen LogP contribution in [-0.4, -0.2) is 5.91 Å². The Morgan fingerprint density at radius 1 is 1.00 bits per heavy atom. The van der Waals surface area contributed by atoms with Crippen molar-refractivity contribution in [1.29, 1.82) is 0 Å². The van der Waals surface area contributed by atoms with Gasteiger partial charge in [-0.25, -0.2) is 4.39 Å². The van der Waals surface area contributed by atoms with E-state index in [0.717, 1.165) is 4.47 Å². The molecular weight excluding hydrogens is 365 g/mol. The molecule has 0 aliphatic carbocycles. The zero-order chi connectivity index (χ0) is 13.1. The van der Waals surface area contributed by atoms with E-state index >= 15 is 0 Å². The smallest absolute Gasteiger partial charge is 0.255 e. The van der Waals surface area contributed by atoms with Gasteiger partial charge in [-0.3, -0.25) is 4.79 Å². The summed E-state index contributed by atoms with van der Waals surface area (Å²) < 4.78 is 15.0. The molecule has 0 aliphatic heterocycles. The summed E-state index contributed by atoms with van der Waals surface area (Å²) >= 11 is 6.44.